The Morgan fingerprint density at radius 2 is 0.785 bits per heavy atom. The van der Waals surface area contributed by atoms with Gasteiger partial charge in [0.15, 0.2) is 69.0 Å². The van der Waals surface area contributed by atoms with Gasteiger partial charge in [0.25, 0.3) is 0 Å². The molecular weight excluding hydrogens is 1000 g/mol. The van der Waals surface area contributed by atoms with Gasteiger partial charge in [0, 0.05) is 16.5 Å². The zero-order valence-electron chi connectivity index (χ0n) is 41.7. The molecule has 0 aliphatic heterocycles. The molecule has 0 saturated heterocycles. The molecule has 0 spiro atoms. The van der Waals surface area contributed by atoms with Crippen LogP contribution in [0.3, 0.4) is 0 Å². The van der Waals surface area contributed by atoms with Crippen molar-refractivity contribution in [1.29, 1.82) is 0 Å². The van der Waals surface area contributed by atoms with Crippen molar-refractivity contribution < 1.29 is 61.3 Å². The normalized spacial score (nSPS) is 11.7. The lowest BCUT2D eigenvalue weighted by atomic mass is 9.89. The number of aromatic hydroxyl groups is 12. The fourth-order valence-electron chi connectivity index (χ4n) is 11.2. The highest BCUT2D eigenvalue weighted by Crippen LogP contribution is 2.68. The first-order chi connectivity index (χ1) is 38.1. The van der Waals surface area contributed by atoms with Gasteiger partial charge in [-0.25, -0.2) is 0 Å². The molecule has 12 N–H and O–H groups in total. The molecule has 12 aromatic rings. The molecule has 0 saturated carbocycles. The minimum atomic E-state index is -1.35. The summed E-state index contributed by atoms with van der Waals surface area (Å²) in [5, 5.41) is 153. The fourth-order valence-corrected chi connectivity index (χ4v) is 11.2. The molecule has 12 rings (SSSR count). The molecule has 0 aliphatic rings. The van der Waals surface area contributed by atoms with E-state index in [1.54, 1.807) is 103 Å². The number of benzene rings is 11. The van der Waals surface area contributed by atoms with E-state index < -0.39 is 103 Å². The van der Waals surface area contributed by atoms with Gasteiger partial charge in [0.05, 0.1) is 27.7 Å². The predicted molar refractivity (Wildman–Crippen MR) is 308 cm³/mol. The predicted octanol–water partition coefficient (Wildman–Crippen LogP) is 14.7. The van der Waals surface area contributed by atoms with Crippen molar-refractivity contribution >= 4 is 77.3 Å². The molecule has 1 aromatic heterocycles. The first-order valence-electron chi connectivity index (χ1n) is 24.8. The van der Waals surface area contributed by atoms with E-state index in [4.69, 9.17) is 0 Å². The zero-order valence-corrected chi connectivity index (χ0v) is 41.7. The maximum Gasteiger partial charge on any atom is 0.186 e. The van der Waals surface area contributed by atoms with Crippen LogP contribution in [-0.2, 0) is 0 Å². The maximum atomic E-state index is 12.4. The highest BCUT2D eigenvalue weighted by molar-refractivity contribution is 6.16. The molecule has 0 fully saturated rings. The number of allylic oxidation sites excluding steroid dienone is 2. The van der Waals surface area contributed by atoms with Crippen LogP contribution in [0, 0.1) is 6.92 Å². The first-order valence-corrected chi connectivity index (χ1v) is 24.8. The Hall–Kier alpha value is -11.1. The van der Waals surface area contributed by atoms with Crippen LogP contribution >= 0.6 is 0 Å². The van der Waals surface area contributed by atoms with E-state index >= 15 is 0 Å². The fraction of sp³-hybridized carbons (Fsp3) is 0.0154. The van der Waals surface area contributed by atoms with Crippen LogP contribution in [0.25, 0.3) is 99.3 Å². The van der Waals surface area contributed by atoms with Gasteiger partial charge in [-0.15, -0.1) is 0 Å². The summed E-state index contributed by atoms with van der Waals surface area (Å²) in [5.74, 6) is -14.9. The first kappa shape index (κ1) is 48.8. The summed E-state index contributed by atoms with van der Waals surface area (Å²) < 4.78 is 1.94. The van der Waals surface area contributed by atoms with Crippen molar-refractivity contribution in [2.24, 2.45) is 0 Å². The van der Waals surface area contributed by atoms with E-state index in [0.29, 0.717) is 38.2 Å². The van der Waals surface area contributed by atoms with Gasteiger partial charge in [-0.1, -0.05) is 146 Å². The molecule has 14 heteroatoms. The molecule has 0 atom stereocenters. The molecule has 0 radical (unpaired) electrons. The third-order valence-corrected chi connectivity index (χ3v) is 14.8. The van der Waals surface area contributed by atoms with Crippen LogP contribution in [0.4, 0.5) is 17.1 Å². The third kappa shape index (κ3) is 7.19. The van der Waals surface area contributed by atoms with Crippen LogP contribution < -0.4 is 4.90 Å². The molecule has 388 valence electrons. The lowest BCUT2D eigenvalue weighted by Crippen LogP contribution is -2.13. The number of para-hydroxylation sites is 2. The summed E-state index contributed by atoms with van der Waals surface area (Å²) in [6, 6.07) is 46.1. The molecule has 79 heavy (non-hydrogen) atoms. The highest BCUT2D eigenvalue weighted by atomic mass is 16.3. The van der Waals surface area contributed by atoms with E-state index in [2.05, 4.69) is 6.58 Å². The Bertz CT molecular complexity index is 4490. The Labute approximate surface area is 448 Å². The maximum absolute atomic E-state index is 12.4. The van der Waals surface area contributed by atoms with Crippen LogP contribution in [0.5, 0.6) is 69.0 Å². The second-order valence-corrected chi connectivity index (χ2v) is 19.1. The summed E-state index contributed by atoms with van der Waals surface area (Å²) in [4.78, 5) is 0.258. The Kier molecular flexibility index (Phi) is 11.3. The summed E-state index contributed by atoms with van der Waals surface area (Å²) >= 11 is 0. The zero-order chi connectivity index (χ0) is 55.3. The minimum absolute atomic E-state index is 0.0453. The van der Waals surface area contributed by atoms with E-state index in [-0.39, 0.29) is 21.6 Å². The lowest BCUT2D eigenvalue weighted by molar-refractivity contribution is 0.367. The molecule has 0 aliphatic carbocycles. The van der Waals surface area contributed by atoms with Gasteiger partial charge in [0.2, 0.25) is 0 Å². The van der Waals surface area contributed by atoms with Gasteiger partial charge in [-0.3, -0.25) is 4.90 Å². The van der Waals surface area contributed by atoms with Crippen LogP contribution in [0.1, 0.15) is 11.1 Å². The number of rotatable bonds is 9. The number of hydrogen-bond acceptors (Lipinski definition) is 13. The number of phenolic OH excluding ortho intramolecular Hbond substituents is 12. The van der Waals surface area contributed by atoms with Crippen molar-refractivity contribution in [3.8, 4) is 108 Å². The highest BCUT2D eigenvalue weighted by Gasteiger charge is 2.40. The number of nitrogens with zero attached hydrogens (tertiary/aromatic N) is 2. The van der Waals surface area contributed by atoms with Crippen LogP contribution in [0.15, 0.2) is 176 Å². The van der Waals surface area contributed by atoms with Crippen molar-refractivity contribution in [3.05, 3.63) is 188 Å². The van der Waals surface area contributed by atoms with Crippen molar-refractivity contribution in [2.45, 2.75) is 6.92 Å². The van der Waals surface area contributed by atoms with Gasteiger partial charge in [0.1, 0.15) is 17.1 Å². The number of anilines is 3. The average Bonchev–Trinajstić information content (AvgIpc) is 3.95. The van der Waals surface area contributed by atoms with Crippen molar-refractivity contribution in [1.82, 2.24) is 4.57 Å². The van der Waals surface area contributed by atoms with Gasteiger partial charge in [-0.2, -0.15) is 0 Å². The molecule has 0 amide bonds. The third-order valence-electron chi connectivity index (χ3n) is 14.8. The van der Waals surface area contributed by atoms with Gasteiger partial charge in [-0.05, 0) is 103 Å². The number of phenols is 12. The second kappa shape index (κ2) is 18.3. The monoisotopic (exact) mass is 1050 g/mol. The Morgan fingerprint density at radius 1 is 0.380 bits per heavy atom. The average molecular weight is 1050 g/mol. The summed E-state index contributed by atoms with van der Waals surface area (Å²) in [7, 11) is 0. The van der Waals surface area contributed by atoms with Crippen molar-refractivity contribution in [2.75, 3.05) is 4.90 Å². The topological polar surface area (TPSA) is 251 Å². The second-order valence-electron chi connectivity index (χ2n) is 19.1. The summed E-state index contributed by atoms with van der Waals surface area (Å²) in [5.41, 5.74) is -1.48. The number of aryl methyl sites for hydroxylation is 1. The smallest absolute Gasteiger partial charge is 0.186 e. The van der Waals surface area contributed by atoms with E-state index in [1.165, 1.54) is 12.1 Å². The van der Waals surface area contributed by atoms with Gasteiger partial charge >= 0.3 is 0 Å². The van der Waals surface area contributed by atoms with E-state index in [9.17, 15) is 61.3 Å². The largest absolute Gasteiger partial charge is 0.504 e. The van der Waals surface area contributed by atoms with Gasteiger partial charge < -0.3 is 65.8 Å². The molecule has 11 aromatic carbocycles. The Balaban J connectivity index is 1.13. The molecule has 14 nitrogen and oxygen atoms in total. The lowest BCUT2D eigenvalue weighted by Gasteiger charge is -2.31. The Morgan fingerprint density at radius 3 is 1.29 bits per heavy atom. The molecular formula is C65H46N2O12. The van der Waals surface area contributed by atoms with Crippen LogP contribution in [-0.4, -0.2) is 65.8 Å². The quantitative estimate of drug-likeness (QED) is 0.0279. The number of aromatic nitrogens is 1. The number of fused-ring (bicyclic) bond motifs is 7. The van der Waals surface area contributed by atoms with Crippen molar-refractivity contribution in [3.63, 3.8) is 0 Å². The van der Waals surface area contributed by atoms with Crippen LogP contribution in [0.2, 0.25) is 0 Å². The number of hydrogen-bond donors (Lipinski definition) is 12. The molecule has 0 unspecified atom stereocenters. The standard InChI is InChI=1S/C65H46N2O12/c1-3-4-16-33-30-44(39-22-8-7-20-37(39)32(33)2)49-56(70)62(76)52(63(77)57(49)71)67(53-64(78)58(72)50(59(73)65(53)79)45-31-34-17-5-6-21-38(34)40-23-9-10-24-41(40)45)51-60(74)54(68)48(55(69)61(51)75)35-18-15-19-36(29-35)66-46-27-13-11-25-42(46)43-26-12-14-28-47(43)66/h3-31,68-79H,1H2,2H3/b16-4-. The summed E-state index contributed by atoms with van der Waals surface area (Å²) in [6.45, 7) is 5.59. The molecule has 1 heterocycles. The van der Waals surface area contributed by atoms with E-state index in [1.807, 2.05) is 72.2 Å². The minimum Gasteiger partial charge on any atom is -0.504 e. The van der Waals surface area contributed by atoms with E-state index in [0.717, 1.165) is 32.8 Å². The molecule has 0 bridgehead atoms. The SMILES string of the molecule is C=C/C=C\c1cc(-c2c(O)c(O)c(N(c3c(O)c(O)c(-c4cccc(-n5c6ccccc6c6ccccc65)c4)c(O)c3O)c3c(O)c(O)c(-c4cc5ccccc5c5ccccc45)c(O)c3O)c(O)c2O)c2ccccc2c1C. The summed E-state index contributed by atoms with van der Waals surface area (Å²) in [6.07, 6.45) is 4.91.